The fraction of sp³-hybridized carbons (Fsp3) is 0.500. The molecule has 1 aromatic heterocycles. The van der Waals surface area contributed by atoms with E-state index in [9.17, 15) is 4.21 Å². The maximum atomic E-state index is 11.5. The van der Waals surface area contributed by atoms with Crippen LogP contribution in [0.2, 0.25) is 0 Å². The van der Waals surface area contributed by atoms with Gasteiger partial charge in [-0.05, 0) is 42.5 Å². The van der Waals surface area contributed by atoms with Crippen LogP contribution in [0.4, 0.5) is 0 Å². The lowest BCUT2D eigenvalue weighted by Gasteiger charge is -2.40. The van der Waals surface area contributed by atoms with Crippen LogP contribution in [0.3, 0.4) is 0 Å². The molecule has 0 spiro atoms. The fourth-order valence-corrected chi connectivity index (χ4v) is 4.99. The number of piperidine rings is 1. The highest BCUT2D eigenvalue weighted by atomic mass is 32.2. The predicted molar refractivity (Wildman–Crippen MR) is 83.6 cm³/mol. The number of hydrogen-bond acceptors (Lipinski definition) is 2. The van der Waals surface area contributed by atoms with Gasteiger partial charge in [-0.1, -0.05) is 12.1 Å². The molecule has 1 saturated heterocycles. The number of benzene rings is 1. The van der Waals surface area contributed by atoms with E-state index in [1.807, 2.05) is 6.26 Å². The Morgan fingerprint density at radius 3 is 3.15 bits per heavy atom. The Balaban J connectivity index is 1.73. The molecule has 1 aromatic carbocycles. The molecule has 3 nitrogen and oxygen atoms in total. The van der Waals surface area contributed by atoms with Gasteiger partial charge >= 0.3 is 0 Å². The Morgan fingerprint density at radius 2 is 2.30 bits per heavy atom. The summed E-state index contributed by atoms with van der Waals surface area (Å²) in [4.78, 5) is 3.40. The summed E-state index contributed by atoms with van der Waals surface area (Å²) in [6.45, 7) is 1.01. The molecule has 1 unspecified atom stereocenters. The second-order valence-electron chi connectivity index (χ2n) is 6.25. The van der Waals surface area contributed by atoms with Crippen LogP contribution in [0.5, 0.6) is 0 Å². The topological polar surface area (TPSA) is 44.9 Å². The maximum Gasteiger partial charge on any atom is 0.0459 e. The van der Waals surface area contributed by atoms with Crippen LogP contribution in [0.15, 0.2) is 24.4 Å². The van der Waals surface area contributed by atoms with Crippen LogP contribution in [0, 0.1) is 5.92 Å². The van der Waals surface area contributed by atoms with Gasteiger partial charge in [0, 0.05) is 51.9 Å². The quantitative estimate of drug-likeness (QED) is 0.889. The van der Waals surface area contributed by atoms with Crippen molar-refractivity contribution >= 4 is 21.7 Å². The molecule has 20 heavy (non-hydrogen) atoms. The Labute approximate surface area is 121 Å². The minimum Gasteiger partial charge on any atom is -0.361 e. The van der Waals surface area contributed by atoms with E-state index in [1.165, 1.54) is 28.5 Å². The molecule has 0 amide bonds. The molecule has 2 aliphatic rings. The summed E-state index contributed by atoms with van der Waals surface area (Å²) in [5.41, 5.74) is 4.19. The summed E-state index contributed by atoms with van der Waals surface area (Å²) in [7, 11) is -0.696. The minimum atomic E-state index is -0.696. The van der Waals surface area contributed by atoms with Crippen molar-refractivity contribution in [1.29, 1.82) is 0 Å². The molecule has 1 aliphatic heterocycles. The molecule has 4 atom stereocenters. The van der Waals surface area contributed by atoms with Crippen molar-refractivity contribution < 1.29 is 4.21 Å². The van der Waals surface area contributed by atoms with Crippen LogP contribution in [-0.2, 0) is 17.2 Å². The molecular formula is C16H20N2OS. The Kier molecular flexibility index (Phi) is 2.97. The van der Waals surface area contributed by atoms with Crippen LogP contribution in [-0.4, -0.2) is 33.8 Å². The number of H-pyrrole nitrogens is 1. The van der Waals surface area contributed by atoms with Crippen LogP contribution in [0.25, 0.3) is 10.9 Å². The van der Waals surface area contributed by atoms with Gasteiger partial charge in [-0.15, -0.1) is 0 Å². The summed E-state index contributed by atoms with van der Waals surface area (Å²) in [6.07, 6.45) is 6.27. The van der Waals surface area contributed by atoms with Crippen LogP contribution in [0.1, 0.15) is 23.5 Å². The summed E-state index contributed by atoms with van der Waals surface area (Å²) in [6, 6.07) is 7.15. The van der Waals surface area contributed by atoms with E-state index in [2.05, 4.69) is 34.7 Å². The van der Waals surface area contributed by atoms with Crippen molar-refractivity contribution in [2.75, 3.05) is 18.6 Å². The van der Waals surface area contributed by atoms with Crippen molar-refractivity contribution in [3.05, 3.63) is 35.5 Å². The largest absolute Gasteiger partial charge is 0.361 e. The summed E-state index contributed by atoms with van der Waals surface area (Å²) in [5, 5.41) is 5.14. The van der Waals surface area contributed by atoms with Crippen LogP contribution < -0.4 is 5.32 Å². The normalized spacial score (nSPS) is 30.1. The molecule has 1 fully saturated rings. The van der Waals surface area contributed by atoms with E-state index < -0.39 is 10.8 Å². The van der Waals surface area contributed by atoms with Gasteiger partial charge in [0.1, 0.15) is 0 Å². The molecule has 2 N–H and O–H groups in total. The Morgan fingerprint density at radius 1 is 1.40 bits per heavy atom. The van der Waals surface area contributed by atoms with Gasteiger partial charge in [-0.25, -0.2) is 0 Å². The lowest BCUT2D eigenvalue weighted by Crippen LogP contribution is -2.47. The van der Waals surface area contributed by atoms with E-state index in [0.717, 1.165) is 18.7 Å². The first-order valence-corrected chi connectivity index (χ1v) is 9.07. The number of nitrogens with one attached hydrogen (secondary N) is 2. The molecule has 0 radical (unpaired) electrons. The van der Waals surface area contributed by atoms with E-state index in [-0.39, 0.29) is 0 Å². The lowest BCUT2D eigenvalue weighted by molar-refractivity contribution is 0.285. The van der Waals surface area contributed by atoms with Crippen molar-refractivity contribution in [2.45, 2.75) is 24.8 Å². The van der Waals surface area contributed by atoms with Crippen molar-refractivity contribution in [1.82, 2.24) is 10.3 Å². The first-order valence-electron chi connectivity index (χ1n) is 7.34. The highest BCUT2D eigenvalue weighted by Gasteiger charge is 2.36. The van der Waals surface area contributed by atoms with Gasteiger partial charge in [-0.2, -0.15) is 0 Å². The lowest BCUT2D eigenvalue weighted by atomic mass is 9.73. The zero-order valence-electron chi connectivity index (χ0n) is 11.7. The van der Waals surface area contributed by atoms with Gasteiger partial charge in [-0.3, -0.25) is 4.21 Å². The SMILES string of the molecule is CS(=O)C[C@H]1CN[C@@H]2Cc3c[nH]c4cccc(c34)[C@H]2C1. The molecule has 2 aromatic rings. The second kappa shape index (κ2) is 4.71. The fourth-order valence-electron chi connectivity index (χ4n) is 4.08. The standard InChI is InChI=1S/C16H20N2OS/c1-20(19)9-10-5-13-12-3-2-4-14-16(12)11(8-18-14)6-15(13)17-7-10/h2-4,8,10,13,15,17-18H,5-7,9H2,1H3/t10-,13-,15-,20?/m1/s1. The number of hydrogen-bond donors (Lipinski definition) is 2. The molecular weight excluding hydrogens is 268 g/mol. The van der Waals surface area contributed by atoms with E-state index >= 15 is 0 Å². The van der Waals surface area contributed by atoms with E-state index in [4.69, 9.17) is 0 Å². The zero-order chi connectivity index (χ0) is 13.7. The third kappa shape index (κ3) is 1.93. The molecule has 106 valence electrons. The molecule has 4 heteroatoms. The van der Waals surface area contributed by atoms with Crippen molar-refractivity contribution in [2.24, 2.45) is 5.92 Å². The average Bonchev–Trinajstić information content (AvgIpc) is 2.84. The van der Waals surface area contributed by atoms with Gasteiger partial charge in [0.25, 0.3) is 0 Å². The smallest absolute Gasteiger partial charge is 0.0459 e. The molecule has 0 saturated carbocycles. The Bertz CT molecular complexity index is 678. The number of aromatic amines is 1. The van der Waals surface area contributed by atoms with Gasteiger partial charge in [0.15, 0.2) is 0 Å². The molecule has 2 heterocycles. The first-order chi connectivity index (χ1) is 9.72. The monoisotopic (exact) mass is 288 g/mol. The summed E-state index contributed by atoms with van der Waals surface area (Å²) < 4.78 is 11.5. The van der Waals surface area contributed by atoms with Crippen molar-refractivity contribution in [3.8, 4) is 0 Å². The van der Waals surface area contributed by atoms with Gasteiger partial charge in [0.05, 0.1) is 0 Å². The zero-order valence-corrected chi connectivity index (χ0v) is 12.5. The van der Waals surface area contributed by atoms with Gasteiger partial charge < -0.3 is 10.3 Å². The third-order valence-electron chi connectivity index (χ3n) is 4.87. The third-order valence-corrected chi connectivity index (χ3v) is 5.81. The van der Waals surface area contributed by atoms with E-state index in [1.54, 1.807) is 0 Å². The number of aromatic nitrogens is 1. The second-order valence-corrected chi connectivity index (χ2v) is 7.73. The molecule has 0 bridgehead atoms. The maximum absolute atomic E-state index is 11.5. The highest BCUT2D eigenvalue weighted by molar-refractivity contribution is 7.84. The first kappa shape index (κ1) is 12.6. The minimum absolute atomic E-state index is 0.540. The summed E-state index contributed by atoms with van der Waals surface area (Å²) >= 11 is 0. The van der Waals surface area contributed by atoms with Crippen molar-refractivity contribution in [3.63, 3.8) is 0 Å². The molecule has 4 rings (SSSR count). The molecule has 1 aliphatic carbocycles. The van der Waals surface area contributed by atoms with E-state index in [0.29, 0.717) is 17.9 Å². The number of rotatable bonds is 2. The predicted octanol–water partition coefficient (Wildman–Crippen LogP) is 2.16. The Hall–Kier alpha value is -1.13. The number of fused-ring (bicyclic) bond motifs is 2. The van der Waals surface area contributed by atoms with Crippen LogP contribution >= 0.6 is 0 Å². The average molecular weight is 288 g/mol. The summed E-state index contributed by atoms with van der Waals surface area (Å²) in [5.74, 6) is 1.94. The highest BCUT2D eigenvalue weighted by Crippen LogP contribution is 2.41. The van der Waals surface area contributed by atoms with Gasteiger partial charge in [0.2, 0.25) is 0 Å².